The molecule has 26 heavy (non-hydrogen) atoms. The average molecular weight is 352 g/mol. The second-order valence-electron chi connectivity index (χ2n) is 6.57. The van der Waals surface area contributed by atoms with Crippen LogP contribution in [0.3, 0.4) is 0 Å². The standard InChI is InChI=1S/C20H17FN2O3/c1-11-9-13-3-2-4-15-17(13)23(11)20(26)16(18(15)24)19(25)22-10-12-5-7-14(21)8-6-12/h2-8,11,24H,9-10H2,1H3,(H,22,25)/t11-/m0/s1. The Morgan fingerprint density at radius 3 is 2.73 bits per heavy atom. The van der Waals surface area contributed by atoms with Crippen molar-refractivity contribution in [1.82, 2.24) is 9.88 Å². The summed E-state index contributed by atoms with van der Waals surface area (Å²) in [7, 11) is 0. The minimum Gasteiger partial charge on any atom is -0.506 e. The van der Waals surface area contributed by atoms with E-state index in [9.17, 15) is 19.1 Å². The van der Waals surface area contributed by atoms with Crippen molar-refractivity contribution in [2.24, 2.45) is 0 Å². The second-order valence-corrected chi connectivity index (χ2v) is 6.57. The predicted octanol–water partition coefficient (Wildman–Crippen LogP) is 2.89. The number of nitrogens with zero attached hydrogens (tertiary/aromatic N) is 1. The van der Waals surface area contributed by atoms with E-state index in [-0.39, 0.29) is 29.7 Å². The molecule has 0 fully saturated rings. The predicted molar refractivity (Wildman–Crippen MR) is 95.9 cm³/mol. The van der Waals surface area contributed by atoms with Crippen LogP contribution >= 0.6 is 0 Å². The third-order valence-corrected chi connectivity index (χ3v) is 4.83. The first-order chi connectivity index (χ1) is 12.5. The highest BCUT2D eigenvalue weighted by molar-refractivity contribution is 6.03. The van der Waals surface area contributed by atoms with Gasteiger partial charge in [0.2, 0.25) is 0 Å². The maximum Gasteiger partial charge on any atom is 0.267 e. The van der Waals surface area contributed by atoms with Crippen molar-refractivity contribution in [3.05, 3.63) is 75.3 Å². The molecule has 1 aromatic heterocycles. The van der Waals surface area contributed by atoms with Gasteiger partial charge in [-0.15, -0.1) is 0 Å². The van der Waals surface area contributed by atoms with Gasteiger partial charge in [0.25, 0.3) is 11.5 Å². The molecular weight excluding hydrogens is 335 g/mol. The zero-order chi connectivity index (χ0) is 18.4. The number of rotatable bonds is 3. The van der Waals surface area contributed by atoms with E-state index in [4.69, 9.17) is 0 Å². The molecule has 0 radical (unpaired) electrons. The fourth-order valence-electron chi connectivity index (χ4n) is 3.60. The molecule has 2 heterocycles. The van der Waals surface area contributed by atoms with Crippen LogP contribution in [0.2, 0.25) is 0 Å². The van der Waals surface area contributed by atoms with Gasteiger partial charge in [-0.2, -0.15) is 0 Å². The first kappa shape index (κ1) is 16.3. The molecule has 4 rings (SSSR count). The van der Waals surface area contributed by atoms with Gasteiger partial charge in [-0.3, -0.25) is 9.59 Å². The summed E-state index contributed by atoms with van der Waals surface area (Å²) in [5, 5.41) is 13.7. The molecule has 1 aliphatic heterocycles. The normalized spacial score (nSPS) is 15.4. The molecule has 0 saturated carbocycles. The number of hydrogen-bond donors (Lipinski definition) is 2. The molecule has 2 aromatic carbocycles. The van der Waals surface area contributed by atoms with E-state index in [2.05, 4.69) is 5.32 Å². The van der Waals surface area contributed by atoms with Crippen LogP contribution in [0.25, 0.3) is 10.9 Å². The Bertz CT molecular complexity index is 1090. The van der Waals surface area contributed by atoms with Crippen molar-refractivity contribution in [1.29, 1.82) is 0 Å². The molecular formula is C20H17FN2O3. The number of hydrogen-bond acceptors (Lipinski definition) is 3. The van der Waals surface area contributed by atoms with Crippen LogP contribution in [0.5, 0.6) is 5.75 Å². The number of amides is 1. The third kappa shape index (κ3) is 2.45. The average Bonchev–Trinajstić information content (AvgIpc) is 2.96. The Labute approximate surface area is 148 Å². The molecule has 0 spiro atoms. The van der Waals surface area contributed by atoms with Gasteiger partial charge in [-0.05, 0) is 42.7 Å². The number of halogens is 1. The SMILES string of the molecule is C[C@H]1Cc2cccc3c(O)c(C(=O)NCc4ccc(F)cc4)c(=O)n1c23. The van der Waals surface area contributed by atoms with Crippen LogP contribution in [0, 0.1) is 5.82 Å². The fourth-order valence-corrected chi connectivity index (χ4v) is 3.60. The van der Waals surface area contributed by atoms with Gasteiger partial charge in [-0.1, -0.05) is 24.3 Å². The quantitative estimate of drug-likeness (QED) is 0.761. The minimum absolute atomic E-state index is 0.0772. The number of carbonyl (C=O) groups excluding carboxylic acids is 1. The van der Waals surface area contributed by atoms with Gasteiger partial charge in [0.15, 0.2) is 0 Å². The Hall–Kier alpha value is -3.15. The van der Waals surface area contributed by atoms with Crippen LogP contribution in [0.4, 0.5) is 4.39 Å². The molecule has 6 heteroatoms. The van der Waals surface area contributed by atoms with Crippen molar-refractivity contribution in [3.8, 4) is 5.75 Å². The van der Waals surface area contributed by atoms with Gasteiger partial charge in [0.05, 0.1) is 5.52 Å². The Morgan fingerprint density at radius 2 is 2.00 bits per heavy atom. The molecule has 2 N–H and O–H groups in total. The van der Waals surface area contributed by atoms with Crippen LogP contribution < -0.4 is 10.9 Å². The number of carbonyl (C=O) groups is 1. The lowest BCUT2D eigenvalue weighted by atomic mass is 10.1. The highest BCUT2D eigenvalue weighted by Gasteiger charge is 2.29. The molecule has 1 atom stereocenters. The maximum absolute atomic E-state index is 13.0. The second kappa shape index (κ2) is 5.98. The number of benzene rings is 2. The minimum atomic E-state index is -0.646. The van der Waals surface area contributed by atoms with Crippen molar-refractivity contribution in [2.75, 3.05) is 0 Å². The lowest BCUT2D eigenvalue weighted by Crippen LogP contribution is -2.33. The molecule has 0 bridgehead atoms. The number of nitrogens with one attached hydrogen (secondary N) is 1. The van der Waals surface area contributed by atoms with Crippen LogP contribution in [0.15, 0.2) is 47.3 Å². The first-order valence-corrected chi connectivity index (χ1v) is 8.39. The smallest absolute Gasteiger partial charge is 0.267 e. The number of aromatic hydroxyl groups is 1. The molecule has 0 aliphatic carbocycles. The fraction of sp³-hybridized carbons (Fsp3) is 0.200. The number of aromatic nitrogens is 1. The zero-order valence-corrected chi connectivity index (χ0v) is 14.1. The van der Waals surface area contributed by atoms with E-state index in [1.54, 1.807) is 22.8 Å². The van der Waals surface area contributed by atoms with Crippen molar-refractivity contribution in [3.63, 3.8) is 0 Å². The summed E-state index contributed by atoms with van der Waals surface area (Å²) >= 11 is 0. The monoisotopic (exact) mass is 352 g/mol. The first-order valence-electron chi connectivity index (χ1n) is 8.39. The van der Waals surface area contributed by atoms with Crippen molar-refractivity contribution < 1.29 is 14.3 Å². The van der Waals surface area contributed by atoms with E-state index < -0.39 is 11.5 Å². The third-order valence-electron chi connectivity index (χ3n) is 4.83. The summed E-state index contributed by atoms with van der Waals surface area (Å²) in [6.07, 6.45) is 0.687. The van der Waals surface area contributed by atoms with Gasteiger partial charge in [0.1, 0.15) is 17.1 Å². The topological polar surface area (TPSA) is 71.3 Å². The Balaban J connectivity index is 1.74. The van der Waals surface area contributed by atoms with E-state index in [0.29, 0.717) is 22.9 Å². The van der Waals surface area contributed by atoms with E-state index in [1.807, 2.05) is 19.1 Å². The van der Waals surface area contributed by atoms with Crippen molar-refractivity contribution in [2.45, 2.75) is 25.9 Å². The van der Waals surface area contributed by atoms with Gasteiger partial charge in [0, 0.05) is 18.0 Å². The number of para-hydroxylation sites is 1. The molecule has 5 nitrogen and oxygen atoms in total. The Kier molecular flexibility index (Phi) is 3.76. The van der Waals surface area contributed by atoms with Gasteiger partial charge >= 0.3 is 0 Å². The van der Waals surface area contributed by atoms with Gasteiger partial charge in [-0.25, -0.2) is 4.39 Å². The van der Waals surface area contributed by atoms with Crippen LogP contribution in [-0.4, -0.2) is 15.6 Å². The lowest BCUT2D eigenvalue weighted by molar-refractivity contribution is 0.0946. The molecule has 1 amide bonds. The molecule has 0 saturated heterocycles. The highest BCUT2D eigenvalue weighted by atomic mass is 19.1. The summed E-state index contributed by atoms with van der Waals surface area (Å²) in [6.45, 7) is 2.05. The summed E-state index contributed by atoms with van der Waals surface area (Å²) < 4.78 is 14.5. The summed E-state index contributed by atoms with van der Waals surface area (Å²) in [5.41, 5.74) is 1.62. The maximum atomic E-state index is 13.0. The summed E-state index contributed by atoms with van der Waals surface area (Å²) in [5.74, 6) is -1.31. The van der Waals surface area contributed by atoms with E-state index in [0.717, 1.165) is 5.56 Å². The summed E-state index contributed by atoms with van der Waals surface area (Å²) in [4.78, 5) is 25.5. The van der Waals surface area contributed by atoms with Crippen LogP contribution in [-0.2, 0) is 13.0 Å². The largest absolute Gasteiger partial charge is 0.506 e. The highest BCUT2D eigenvalue weighted by Crippen LogP contribution is 2.35. The van der Waals surface area contributed by atoms with Crippen LogP contribution in [0.1, 0.15) is 34.5 Å². The summed E-state index contributed by atoms with van der Waals surface area (Å²) in [6, 6.07) is 11.1. The van der Waals surface area contributed by atoms with Gasteiger partial charge < -0.3 is 15.0 Å². The Morgan fingerprint density at radius 1 is 1.27 bits per heavy atom. The zero-order valence-electron chi connectivity index (χ0n) is 14.1. The van der Waals surface area contributed by atoms with E-state index >= 15 is 0 Å². The molecule has 132 valence electrons. The molecule has 3 aromatic rings. The molecule has 0 unspecified atom stereocenters. The van der Waals surface area contributed by atoms with Crippen molar-refractivity contribution >= 4 is 16.8 Å². The number of pyridine rings is 1. The lowest BCUT2D eigenvalue weighted by Gasteiger charge is -2.14. The molecule has 1 aliphatic rings. The van der Waals surface area contributed by atoms with E-state index in [1.165, 1.54) is 12.1 Å².